The molecule has 2 aromatic carbocycles. The molecule has 36 heavy (non-hydrogen) atoms. The van der Waals surface area contributed by atoms with Gasteiger partial charge in [0.2, 0.25) is 0 Å². The Morgan fingerprint density at radius 3 is 1.69 bits per heavy atom. The molecule has 0 unspecified atom stereocenters. The van der Waals surface area contributed by atoms with Crippen LogP contribution in [0, 0.1) is 21.8 Å². The number of hydrogen-bond donors (Lipinski definition) is 0. The van der Waals surface area contributed by atoms with Crippen LogP contribution in [0.15, 0.2) is 42.5 Å². The molecule has 208 valence electrons. The van der Waals surface area contributed by atoms with E-state index in [4.69, 9.17) is 4.74 Å². The third-order valence-electron chi connectivity index (χ3n) is 7.05. The smallest absolute Gasteiger partial charge is 0.496 e. The van der Waals surface area contributed by atoms with E-state index in [2.05, 4.69) is 63.2 Å². The first-order valence-electron chi connectivity index (χ1n) is 13.8. The Labute approximate surface area is 241 Å². The summed E-state index contributed by atoms with van der Waals surface area (Å²) < 4.78 is 5.82. The van der Waals surface area contributed by atoms with Gasteiger partial charge in [-0.05, 0) is 76.0 Å². The molecule has 2 fully saturated rings. The molecule has 2 aromatic rings. The van der Waals surface area contributed by atoms with Gasteiger partial charge in [0, 0.05) is 19.0 Å². The van der Waals surface area contributed by atoms with E-state index in [1.54, 1.807) is 5.30 Å². The van der Waals surface area contributed by atoms with E-state index in [1.165, 1.54) is 87.3 Å². The Morgan fingerprint density at radius 1 is 0.750 bits per heavy atom. The third kappa shape index (κ3) is 10.2. The topological polar surface area (TPSA) is 9.23 Å². The van der Waals surface area contributed by atoms with Crippen LogP contribution >= 0.6 is 7.92 Å². The maximum absolute atomic E-state index is 5.82. The molecule has 0 saturated heterocycles. The van der Waals surface area contributed by atoms with Gasteiger partial charge in [-0.15, -0.1) is 0 Å². The predicted octanol–water partition coefficient (Wildman–Crippen LogP) is 10.5. The van der Waals surface area contributed by atoms with E-state index in [0.717, 1.165) is 17.1 Å². The van der Waals surface area contributed by atoms with Gasteiger partial charge in [0.25, 0.3) is 0 Å². The van der Waals surface area contributed by atoms with Gasteiger partial charge in [-0.25, -0.2) is 0 Å². The Balaban J connectivity index is 0. The molecule has 0 N–H and O–H groups in total. The summed E-state index contributed by atoms with van der Waals surface area (Å²) in [6.07, 6.45) is 15.8. The zero-order chi connectivity index (χ0) is 24.1. The van der Waals surface area contributed by atoms with Crippen molar-refractivity contribution in [1.82, 2.24) is 0 Å². The molecule has 0 aromatic heterocycles. The van der Waals surface area contributed by atoms with Crippen LogP contribution in [0.3, 0.4) is 0 Å². The first-order valence-corrected chi connectivity index (χ1v) is 15.5. The fourth-order valence-corrected chi connectivity index (χ4v) is 10.1. The number of hydrogen-bond acceptors (Lipinski definition) is 1. The van der Waals surface area contributed by atoms with Gasteiger partial charge in [0.15, 0.2) is 0 Å². The van der Waals surface area contributed by atoms with Gasteiger partial charge in [0.1, 0.15) is 5.75 Å². The fraction of sp³-hybridized carbons (Fsp3) is 0.576. The first-order chi connectivity index (χ1) is 16.2. The van der Waals surface area contributed by atoms with Crippen molar-refractivity contribution >= 4 is 13.2 Å². The minimum absolute atomic E-state index is 0. The van der Waals surface area contributed by atoms with Crippen LogP contribution in [0.4, 0.5) is 0 Å². The minimum Gasteiger partial charge on any atom is -0.496 e. The van der Waals surface area contributed by atoms with Gasteiger partial charge in [-0.1, -0.05) is 77.3 Å². The quantitative estimate of drug-likeness (QED) is 0.187. The number of ether oxygens (including phenoxy) is 1. The van der Waals surface area contributed by atoms with Crippen LogP contribution < -0.4 is 10.0 Å². The van der Waals surface area contributed by atoms with Crippen LogP contribution in [0.25, 0.3) is 11.1 Å². The van der Waals surface area contributed by atoms with E-state index in [-0.39, 0.29) is 35.3 Å². The van der Waals surface area contributed by atoms with E-state index >= 15 is 0 Å². The van der Waals surface area contributed by atoms with Crippen molar-refractivity contribution in [2.75, 3.05) is 7.11 Å². The molecule has 4 rings (SSSR count). The van der Waals surface area contributed by atoms with Gasteiger partial charge < -0.3 is 19.6 Å². The SMILES string of the molecule is CC.CCC.COc1cccc(C)c1-c1ccccc1[PH+](C1CCCCC1)C1CCCCC1.[CH3-].[CH3-].[Pd+2]. The number of rotatable bonds is 5. The largest absolute Gasteiger partial charge is 2.00 e. The molecule has 0 spiro atoms. The molecule has 0 aliphatic heterocycles. The molecular weight excluding hydrogens is 550 g/mol. The summed E-state index contributed by atoms with van der Waals surface area (Å²) in [6, 6.07) is 15.9. The molecule has 0 heterocycles. The standard InChI is InChI=1S/C26H35OP.C3H8.C2H6.2CH3.Pd/c1-20-12-11-18-24(27-2)26(20)23-17-9-10-19-25(23)28(21-13-5-3-6-14-21)22-15-7-4-8-16-22;1-3-2;1-2;;;/h9-12,17-19,21-22H,3-8,13-16H2,1-2H3;3H2,1-2H3;1-2H3;2*1H3;/q;;;2*-1;+2/p+1. The Hall–Kier alpha value is -0.668. The van der Waals surface area contributed by atoms with E-state index < -0.39 is 7.92 Å². The van der Waals surface area contributed by atoms with Crippen LogP contribution in [0.5, 0.6) is 5.75 Å². The van der Waals surface area contributed by atoms with Gasteiger partial charge >= 0.3 is 20.4 Å². The Bertz CT molecular complexity index is 776. The van der Waals surface area contributed by atoms with Gasteiger partial charge in [-0.2, -0.15) is 0 Å². The molecular formula is C33H56OPPd+. The second-order valence-electron chi connectivity index (χ2n) is 9.53. The molecule has 3 heteroatoms. The van der Waals surface area contributed by atoms with Crippen molar-refractivity contribution in [2.24, 2.45) is 0 Å². The van der Waals surface area contributed by atoms with Gasteiger partial charge in [-0.3, -0.25) is 0 Å². The van der Waals surface area contributed by atoms with Crippen molar-refractivity contribution in [3.05, 3.63) is 62.9 Å². The summed E-state index contributed by atoms with van der Waals surface area (Å²) in [6.45, 7) is 10.5. The molecule has 1 nitrogen and oxygen atoms in total. The summed E-state index contributed by atoms with van der Waals surface area (Å²) in [5, 5.41) is 1.69. The second kappa shape index (κ2) is 21.3. The summed E-state index contributed by atoms with van der Waals surface area (Å²) >= 11 is 0. The average molecular weight is 606 g/mol. The summed E-state index contributed by atoms with van der Waals surface area (Å²) in [5.74, 6) is 1.03. The molecule has 2 aliphatic rings. The zero-order valence-electron chi connectivity index (χ0n) is 24.7. The average Bonchev–Trinajstić information content (AvgIpc) is 2.87. The summed E-state index contributed by atoms with van der Waals surface area (Å²) in [4.78, 5) is 0. The third-order valence-corrected chi connectivity index (χ3v) is 11.0. The van der Waals surface area contributed by atoms with E-state index in [9.17, 15) is 0 Å². The van der Waals surface area contributed by atoms with Crippen molar-refractivity contribution in [3.63, 3.8) is 0 Å². The first kappa shape index (κ1) is 37.5. The van der Waals surface area contributed by atoms with Crippen LogP contribution in [0.1, 0.15) is 104 Å². The van der Waals surface area contributed by atoms with Crippen molar-refractivity contribution < 1.29 is 25.2 Å². The molecule has 0 radical (unpaired) electrons. The van der Waals surface area contributed by atoms with Crippen molar-refractivity contribution in [1.29, 1.82) is 0 Å². The monoisotopic (exact) mass is 605 g/mol. The Morgan fingerprint density at radius 2 is 1.22 bits per heavy atom. The maximum Gasteiger partial charge on any atom is 2.00 e. The fourth-order valence-electron chi connectivity index (χ4n) is 5.71. The normalized spacial score (nSPS) is 15.5. The van der Waals surface area contributed by atoms with Gasteiger partial charge in [0.05, 0.1) is 23.7 Å². The maximum atomic E-state index is 5.82. The number of methoxy groups -OCH3 is 1. The summed E-state index contributed by atoms with van der Waals surface area (Å²) in [7, 11) is 1.22. The second-order valence-corrected chi connectivity index (χ2v) is 12.6. The van der Waals surface area contributed by atoms with Crippen molar-refractivity contribution in [3.8, 4) is 16.9 Å². The minimum atomic E-state index is -0.597. The van der Waals surface area contributed by atoms with Crippen LogP contribution in [-0.4, -0.2) is 18.4 Å². The Kier molecular flexibility index (Phi) is 22.2. The van der Waals surface area contributed by atoms with E-state index in [0.29, 0.717) is 0 Å². The van der Waals surface area contributed by atoms with E-state index in [1.807, 2.05) is 21.0 Å². The molecule has 0 atom stereocenters. The summed E-state index contributed by atoms with van der Waals surface area (Å²) in [5.41, 5.74) is 6.04. The molecule has 0 amide bonds. The van der Waals surface area contributed by atoms with Crippen LogP contribution in [0.2, 0.25) is 0 Å². The van der Waals surface area contributed by atoms with Crippen molar-refractivity contribution in [2.45, 2.75) is 117 Å². The molecule has 2 saturated carbocycles. The van der Waals surface area contributed by atoms with Crippen LogP contribution in [-0.2, 0) is 20.4 Å². The predicted molar refractivity (Wildman–Crippen MR) is 165 cm³/mol. The zero-order valence-corrected chi connectivity index (χ0v) is 27.3. The molecule has 0 bridgehead atoms. The molecule has 2 aliphatic carbocycles. The number of benzene rings is 2. The number of aryl methyl sites for hydroxylation is 1.